The maximum Gasteiger partial charge on any atom is -0.00489 e. The van der Waals surface area contributed by atoms with Crippen molar-refractivity contribution in [2.75, 3.05) is 6.54 Å². The average Bonchev–Trinajstić information content (AvgIpc) is 2.30. The zero-order valence-corrected chi connectivity index (χ0v) is 8.65. The Morgan fingerprint density at radius 2 is 1.64 bits per heavy atom. The number of hydrogen-bond donors (Lipinski definition) is 1. The summed E-state index contributed by atoms with van der Waals surface area (Å²) in [7, 11) is 0. The van der Waals surface area contributed by atoms with E-state index in [0.717, 1.165) is 18.4 Å². The zero-order valence-electron chi connectivity index (χ0n) is 8.65. The third-order valence-corrected chi connectivity index (χ3v) is 3.45. The molecule has 2 N–H and O–H groups in total. The van der Waals surface area contributed by atoms with Crippen LogP contribution in [0.25, 0.3) is 0 Å². The molecule has 0 heterocycles. The molecule has 2 rings (SSSR count). The highest BCUT2D eigenvalue weighted by atomic mass is 14.5. The van der Waals surface area contributed by atoms with Gasteiger partial charge in [-0.15, -0.1) is 0 Å². The lowest BCUT2D eigenvalue weighted by molar-refractivity contribution is 0.333. The molecule has 0 radical (unpaired) electrons. The van der Waals surface area contributed by atoms with E-state index in [1.54, 1.807) is 0 Å². The molecule has 1 aliphatic rings. The zero-order chi connectivity index (χ0) is 9.80. The molecule has 1 aromatic rings. The molecule has 1 saturated carbocycles. The normalized spacial score (nSPS) is 27.5. The first-order chi connectivity index (χ1) is 6.90. The molecule has 1 nitrogen and oxygen atoms in total. The standard InChI is InChI=1S/C13H19N/c14-10-11-6-8-13(9-7-11)12-4-2-1-3-5-12/h1-5,11,13H,6-10,14H2. The van der Waals surface area contributed by atoms with Gasteiger partial charge >= 0.3 is 0 Å². The molecule has 0 aromatic heterocycles. The molecule has 1 fully saturated rings. The van der Waals surface area contributed by atoms with Gasteiger partial charge in [0.1, 0.15) is 0 Å². The van der Waals surface area contributed by atoms with Crippen LogP contribution in [0.15, 0.2) is 30.3 Å². The minimum absolute atomic E-state index is 0.787. The second kappa shape index (κ2) is 4.61. The van der Waals surface area contributed by atoms with Crippen molar-refractivity contribution >= 4 is 0 Å². The Hall–Kier alpha value is -0.820. The maximum absolute atomic E-state index is 5.69. The predicted octanol–water partition coefficient (Wildman–Crippen LogP) is 2.92. The lowest BCUT2D eigenvalue weighted by Gasteiger charge is -2.27. The van der Waals surface area contributed by atoms with Crippen molar-refractivity contribution < 1.29 is 0 Å². The van der Waals surface area contributed by atoms with Crippen molar-refractivity contribution in [3.05, 3.63) is 35.9 Å². The Bertz CT molecular complexity index is 260. The van der Waals surface area contributed by atoms with Crippen molar-refractivity contribution in [2.45, 2.75) is 31.6 Å². The molecule has 76 valence electrons. The molecule has 1 aromatic carbocycles. The topological polar surface area (TPSA) is 26.0 Å². The predicted molar refractivity (Wildman–Crippen MR) is 60.2 cm³/mol. The fraction of sp³-hybridized carbons (Fsp3) is 0.538. The molecule has 14 heavy (non-hydrogen) atoms. The molecule has 0 spiro atoms. The van der Waals surface area contributed by atoms with Crippen LogP contribution in [0, 0.1) is 5.92 Å². The minimum Gasteiger partial charge on any atom is -0.330 e. The van der Waals surface area contributed by atoms with Crippen LogP contribution in [0.4, 0.5) is 0 Å². The number of benzene rings is 1. The number of rotatable bonds is 2. The van der Waals surface area contributed by atoms with Gasteiger partial charge in [0, 0.05) is 0 Å². The van der Waals surface area contributed by atoms with Gasteiger partial charge in [0.15, 0.2) is 0 Å². The van der Waals surface area contributed by atoms with E-state index in [1.807, 2.05) is 0 Å². The van der Waals surface area contributed by atoms with Gasteiger partial charge in [-0.1, -0.05) is 30.3 Å². The number of hydrogen-bond acceptors (Lipinski definition) is 1. The summed E-state index contributed by atoms with van der Waals surface area (Å²) in [6, 6.07) is 10.9. The van der Waals surface area contributed by atoms with E-state index < -0.39 is 0 Å². The van der Waals surface area contributed by atoms with Crippen LogP contribution in [0.3, 0.4) is 0 Å². The van der Waals surface area contributed by atoms with Gasteiger partial charge in [-0.25, -0.2) is 0 Å². The second-order valence-corrected chi connectivity index (χ2v) is 4.36. The first kappa shape index (κ1) is 9.72. The van der Waals surface area contributed by atoms with Crippen LogP contribution in [0.2, 0.25) is 0 Å². The second-order valence-electron chi connectivity index (χ2n) is 4.36. The van der Waals surface area contributed by atoms with E-state index in [1.165, 1.54) is 31.2 Å². The summed E-state index contributed by atoms with van der Waals surface area (Å²) in [5.41, 5.74) is 7.20. The molecule has 1 heteroatoms. The van der Waals surface area contributed by atoms with E-state index in [9.17, 15) is 0 Å². The van der Waals surface area contributed by atoms with Crippen LogP contribution < -0.4 is 5.73 Å². The molecular formula is C13H19N. The Morgan fingerprint density at radius 3 is 2.21 bits per heavy atom. The Morgan fingerprint density at radius 1 is 1.00 bits per heavy atom. The van der Waals surface area contributed by atoms with Crippen molar-refractivity contribution in [3.63, 3.8) is 0 Å². The molecular weight excluding hydrogens is 170 g/mol. The minimum atomic E-state index is 0.787. The molecule has 0 amide bonds. The highest BCUT2D eigenvalue weighted by Crippen LogP contribution is 2.34. The highest BCUT2D eigenvalue weighted by Gasteiger charge is 2.20. The third-order valence-electron chi connectivity index (χ3n) is 3.45. The first-order valence-corrected chi connectivity index (χ1v) is 5.65. The molecule has 0 atom stereocenters. The largest absolute Gasteiger partial charge is 0.330 e. The van der Waals surface area contributed by atoms with Crippen LogP contribution in [0.1, 0.15) is 37.2 Å². The SMILES string of the molecule is NCC1CCC(c2ccccc2)CC1. The summed E-state index contributed by atoms with van der Waals surface area (Å²) in [5, 5.41) is 0. The van der Waals surface area contributed by atoms with Gasteiger partial charge in [-0.3, -0.25) is 0 Å². The Labute approximate surface area is 86.3 Å². The molecule has 1 aliphatic carbocycles. The quantitative estimate of drug-likeness (QED) is 0.760. The Balaban J connectivity index is 1.96. The van der Waals surface area contributed by atoms with Crippen LogP contribution in [0.5, 0.6) is 0 Å². The van der Waals surface area contributed by atoms with Gasteiger partial charge in [0.2, 0.25) is 0 Å². The van der Waals surface area contributed by atoms with Gasteiger partial charge in [0.25, 0.3) is 0 Å². The van der Waals surface area contributed by atoms with Gasteiger partial charge in [0.05, 0.1) is 0 Å². The molecule has 0 bridgehead atoms. The smallest absolute Gasteiger partial charge is 0.00489 e. The first-order valence-electron chi connectivity index (χ1n) is 5.65. The van der Waals surface area contributed by atoms with Crippen molar-refractivity contribution in [1.29, 1.82) is 0 Å². The van der Waals surface area contributed by atoms with E-state index in [-0.39, 0.29) is 0 Å². The lowest BCUT2D eigenvalue weighted by atomic mass is 9.79. The summed E-state index contributed by atoms with van der Waals surface area (Å²) in [4.78, 5) is 0. The van der Waals surface area contributed by atoms with Gasteiger partial charge in [-0.2, -0.15) is 0 Å². The Kier molecular flexibility index (Phi) is 3.20. The van der Waals surface area contributed by atoms with E-state index in [0.29, 0.717) is 0 Å². The summed E-state index contributed by atoms with van der Waals surface area (Å²) in [5.74, 6) is 1.58. The van der Waals surface area contributed by atoms with Crippen molar-refractivity contribution in [1.82, 2.24) is 0 Å². The third kappa shape index (κ3) is 2.16. The number of nitrogens with two attached hydrogens (primary N) is 1. The van der Waals surface area contributed by atoms with Gasteiger partial charge in [-0.05, 0) is 49.6 Å². The van der Waals surface area contributed by atoms with Crippen LogP contribution in [-0.2, 0) is 0 Å². The highest BCUT2D eigenvalue weighted by molar-refractivity contribution is 5.19. The molecule has 0 aliphatic heterocycles. The van der Waals surface area contributed by atoms with Crippen LogP contribution >= 0.6 is 0 Å². The fourth-order valence-corrected chi connectivity index (χ4v) is 2.46. The molecule has 0 unspecified atom stereocenters. The van der Waals surface area contributed by atoms with Crippen molar-refractivity contribution in [2.24, 2.45) is 11.7 Å². The van der Waals surface area contributed by atoms with E-state index in [2.05, 4.69) is 30.3 Å². The van der Waals surface area contributed by atoms with Crippen LogP contribution in [-0.4, -0.2) is 6.54 Å². The maximum atomic E-state index is 5.69. The summed E-state index contributed by atoms with van der Waals surface area (Å²) >= 11 is 0. The van der Waals surface area contributed by atoms with Crippen molar-refractivity contribution in [3.8, 4) is 0 Å². The molecule has 0 saturated heterocycles. The van der Waals surface area contributed by atoms with E-state index >= 15 is 0 Å². The summed E-state index contributed by atoms with van der Waals surface area (Å²) < 4.78 is 0. The average molecular weight is 189 g/mol. The van der Waals surface area contributed by atoms with Gasteiger partial charge < -0.3 is 5.73 Å². The van der Waals surface area contributed by atoms with E-state index in [4.69, 9.17) is 5.73 Å². The fourth-order valence-electron chi connectivity index (χ4n) is 2.46. The summed E-state index contributed by atoms with van der Waals surface area (Å²) in [6.07, 6.45) is 5.28. The summed E-state index contributed by atoms with van der Waals surface area (Å²) in [6.45, 7) is 0.876. The monoisotopic (exact) mass is 189 g/mol. The lowest BCUT2D eigenvalue weighted by Crippen LogP contribution is -2.20.